The summed E-state index contributed by atoms with van der Waals surface area (Å²) in [5.41, 5.74) is 1.84. The first-order chi connectivity index (χ1) is 12.3. The number of nitrogens with one attached hydrogen (secondary N) is 1. The molecule has 5 nitrogen and oxygen atoms in total. The third kappa shape index (κ3) is 5.48. The van der Waals surface area contributed by atoms with E-state index in [0.717, 1.165) is 27.5 Å². The molecular formula is C18H16N4OS2. The lowest BCUT2D eigenvalue weighted by atomic mass is 10.2. The summed E-state index contributed by atoms with van der Waals surface area (Å²) in [5.74, 6) is 1.55. The molecule has 0 aliphatic carbocycles. The van der Waals surface area contributed by atoms with Crippen molar-refractivity contribution in [3.05, 3.63) is 65.7 Å². The molecule has 25 heavy (non-hydrogen) atoms. The molecule has 0 fully saturated rings. The van der Waals surface area contributed by atoms with Crippen LogP contribution in [-0.2, 0) is 6.54 Å². The standard InChI is InChI=1S/C18H16N4OS2/c19-12-14-6-8-16(9-7-14)23-10-11-24-18-22-21-17(25-18)20-13-15-4-2-1-3-5-15/h1-9H,10-11,13H2,(H,20,21). The minimum atomic E-state index is 0.572. The third-order valence-electron chi connectivity index (χ3n) is 3.25. The van der Waals surface area contributed by atoms with Gasteiger partial charge in [-0.05, 0) is 29.8 Å². The van der Waals surface area contributed by atoms with Crippen LogP contribution in [0.2, 0.25) is 0 Å². The lowest BCUT2D eigenvalue weighted by Crippen LogP contribution is -1.99. The fourth-order valence-electron chi connectivity index (χ4n) is 2.03. The summed E-state index contributed by atoms with van der Waals surface area (Å²) in [4.78, 5) is 0. The molecule has 0 unspecified atom stereocenters. The molecule has 0 radical (unpaired) electrons. The zero-order valence-corrected chi connectivity index (χ0v) is 15.0. The molecule has 126 valence electrons. The first kappa shape index (κ1) is 17.3. The Balaban J connectivity index is 1.39. The SMILES string of the molecule is N#Cc1ccc(OCCSc2nnc(NCc3ccccc3)s2)cc1. The molecule has 0 aliphatic rings. The van der Waals surface area contributed by atoms with Crippen LogP contribution in [0.4, 0.5) is 5.13 Å². The number of thioether (sulfide) groups is 1. The monoisotopic (exact) mass is 368 g/mol. The molecule has 0 saturated carbocycles. The summed E-state index contributed by atoms with van der Waals surface area (Å²) in [6, 6.07) is 19.4. The van der Waals surface area contributed by atoms with Crippen molar-refractivity contribution in [2.45, 2.75) is 10.9 Å². The zero-order chi connectivity index (χ0) is 17.3. The summed E-state index contributed by atoms with van der Waals surface area (Å²) in [6.07, 6.45) is 0. The average molecular weight is 368 g/mol. The van der Waals surface area contributed by atoms with Gasteiger partial charge in [-0.3, -0.25) is 0 Å². The highest BCUT2D eigenvalue weighted by molar-refractivity contribution is 8.01. The Labute approximate surface area is 154 Å². The average Bonchev–Trinajstić information content (AvgIpc) is 3.13. The maximum atomic E-state index is 8.76. The molecule has 3 rings (SSSR count). The Bertz CT molecular complexity index is 828. The number of hydrogen-bond donors (Lipinski definition) is 1. The van der Waals surface area contributed by atoms with Gasteiger partial charge in [-0.1, -0.05) is 53.4 Å². The Kier molecular flexibility index (Phi) is 6.26. The molecule has 0 aliphatic heterocycles. The Morgan fingerprint density at radius 2 is 1.88 bits per heavy atom. The summed E-state index contributed by atoms with van der Waals surface area (Å²) < 4.78 is 6.57. The van der Waals surface area contributed by atoms with Gasteiger partial charge in [0.25, 0.3) is 0 Å². The third-order valence-corrected chi connectivity index (χ3v) is 5.23. The highest BCUT2D eigenvalue weighted by atomic mass is 32.2. The summed E-state index contributed by atoms with van der Waals surface area (Å²) >= 11 is 3.16. The van der Waals surface area contributed by atoms with E-state index in [1.54, 1.807) is 47.4 Å². The highest BCUT2D eigenvalue weighted by Gasteiger charge is 2.05. The number of aromatic nitrogens is 2. The van der Waals surface area contributed by atoms with E-state index in [-0.39, 0.29) is 0 Å². The van der Waals surface area contributed by atoms with Crippen molar-refractivity contribution in [2.75, 3.05) is 17.7 Å². The van der Waals surface area contributed by atoms with Crippen molar-refractivity contribution in [2.24, 2.45) is 0 Å². The molecular weight excluding hydrogens is 352 g/mol. The quantitative estimate of drug-likeness (QED) is 0.475. The van der Waals surface area contributed by atoms with Crippen molar-refractivity contribution in [1.82, 2.24) is 10.2 Å². The second kappa shape index (κ2) is 9.06. The van der Waals surface area contributed by atoms with Crippen LogP contribution in [-0.4, -0.2) is 22.6 Å². The number of hydrogen-bond acceptors (Lipinski definition) is 7. The Hall–Kier alpha value is -2.56. The van der Waals surface area contributed by atoms with Gasteiger partial charge in [-0.15, -0.1) is 10.2 Å². The van der Waals surface area contributed by atoms with Gasteiger partial charge in [0, 0.05) is 12.3 Å². The van der Waals surface area contributed by atoms with Gasteiger partial charge >= 0.3 is 0 Å². The van der Waals surface area contributed by atoms with Gasteiger partial charge in [-0.2, -0.15) is 5.26 Å². The zero-order valence-electron chi connectivity index (χ0n) is 13.4. The Morgan fingerprint density at radius 1 is 1.08 bits per heavy atom. The van der Waals surface area contributed by atoms with Crippen LogP contribution in [0.5, 0.6) is 5.75 Å². The molecule has 0 atom stereocenters. The van der Waals surface area contributed by atoms with Crippen LogP contribution in [0, 0.1) is 11.3 Å². The van der Waals surface area contributed by atoms with E-state index in [9.17, 15) is 0 Å². The van der Waals surface area contributed by atoms with Gasteiger partial charge in [0.2, 0.25) is 5.13 Å². The van der Waals surface area contributed by atoms with Crippen LogP contribution in [0.15, 0.2) is 58.9 Å². The lowest BCUT2D eigenvalue weighted by Gasteiger charge is -2.04. The van der Waals surface area contributed by atoms with Crippen molar-refractivity contribution in [1.29, 1.82) is 5.26 Å². The topological polar surface area (TPSA) is 70.8 Å². The Morgan fingerprint density at radius 3 is 2.64 bits per heavy atom. The van der Waals surface area contributed by atoms with E-state index in [2.05, 4.69) is 33.7 Å². The molecule has 7 heteroatoms. The number of benzene rings is 2. The number of rotatable bonds is 8. The normalized spacial score (nSPS) is 10.2. The second-order valence-corrected chi connectivity index (χ2v) is 7.36. The van der Waals surface area contributed by atoms with E-state index < -0.39 is 0 Å². The summed E-state index contributed by atoms with van der Waals surface area (Å²) in [7, 11) is 0. The van der Waals surface area contributed by atoms with Crippen LogP contribution in [0.3, 0.4) is 0 Å². The van der Waals surface area contributed by atoms with Crippen molar-refractivity contribution >= 4 is 28.2 Å². The predicted molar refractivity (Wildman–Crippen MR) is 101 cm³/mol. The number of ether oxygens (including phenoxy) is 1. The molecule has 1 heterocycles. The van der Waals surface area contributed by atoms with E-state index in [1.165, 1.54) is 5.56 Å². The predicted octanol–water partition coefficient (Wildman–Crippen LogP) is 4.19. The molecule has 0 spiro atoms. The molecule has 0 bridgehead atoms. The molecule has 0 saturated heterocycles. The maximum Gasteiger partial charge on any atom is 0.206 e. The fourth-order valence-corrected chi connectivity index (χ4v) is 3.66. The summed E-state index contributed by atoms with van der Waals surface area (Å²) in [6.45, 7) is 1.31. The van der Waals surface area contributed by atoms with Gasteiger partial charge in [0.05, 0.1) is 18.2 Å². The smallest absolute Gasteiger partial charge is 0.206 e. The first-order valence-corrected chi connectivity index (χ1v) is 9.51. The van der Waals surface area contributed by atoms with Crippen LogP contribution < -0.4 is 10.1 Å². The molecule has 0 amide bonds. The van der Waals surface area contributed by atoms with Gasteiger partial charge < -0.3 is 10.1 Å². The van der Waals surface area contributed by atoms with Gasteiger partial charge in [0.1, 0.15) is 5.75 Å². The van der Waals surface area contributed by atoms with Crippen LogP contribution in [0.1, 0.15) is 11.1 Å². The van der Waals surface area contributed by atoms with Gasteiger partial charge in [0.15, 0.2) is 4.34 Å². The minimum Gasteiger partial charge on any atom is -0.493 e. The molecule has 1 aromatic heterocycles. The maximum absolute atomic E-state index is 8.76. The van der Waals surface area contributed by atoms with E-state index in [4.69, 9.17) is 10.00 Å². The van der Waals surface area contributed by atoms with Gasteiger partial charge in [-0.25, -0.2) is 0 Å². The molecule has 2 aromatic carbocycles. The van der Waals surface area contributed by atoms with E-state index in [1.807, 2.05) is 18.2 Å². The molecule has 3 aromatic rings. The van der Waals surface area contributed by atoms with E-state index >= 15 is 0 Å². The van der Waals surface area contributed by atoms with Crippen molar-refractivity contribution in [3.63, 3.8) is 0 Å². The summed E-state index contributed by atoms with van der Waals surface area (Å²) in [5, 5.41) is 21.2. The first-order valence-electron chi connectivity index (χ1n) is 7.70. The largest absolute Gasteiger partial charge is 0.493 e. The minimum absolute atomic E-state index is 0.572. The lowest BCUT2D eigenvalue weighted by molar-refractivity contribution is 0.344. The van der Waals surface area contributed by atoms with Crippen LogP contribution in [0.25, 0.3) is 0 Å². The van der Waals surface area contributed by atoms with Crippen LogP contribution >= 0.6 is 23.1 Å². The fraction of sp³-hybridized carbons (Fsp3) is 0.167. The van der Waals surface area contributed by atoms with Crippen molar-refractivity contribution < 1.29 is 4.74 Å². The highest BCUT2D eigenvalue weighted by Crippen LogP contribution is 2.25. The number of anilines is 1. The molecule has 1 N–H and O–H groups in total. The second-order valence-electron chi connectivity index (χ2n) is 5.05. The number of nitrogens with zero attached hydrogens (tertiary/aromatic N) is 3. The van der Waals surface area contributed by atoms with E-state index in [0.29, 0.717) is 12.2 Å². The number of nitriles is 1. The van der Waals surface area contributed by atoms with Crippen molar-refractivity contribution in [3.8, 4) is 11.8 Å².